The second-order valence-electron chi connectivity index (χ2n) is 9.13. The molecule has 0 aliphatic heterocycles. The van der Waals surface area contributed by atoms with Crippen LogP contribution in [0.1, 0.15) is 12.5 Å². The normalized spacial score (nSPS) is 11.7. The molecule has 1 N–H and O–H groups in total. The molecule has 43 heavy (non-hydrogen) atoms. The zero-order valence-corrected chi connectivity index (χ0v) is 26.8. The van der Waals surface area contributed by atoms with Gasteiger partial charge in [-0.15, -0.1) is 0 Å². The number of amides is 2. The van der Waals surface area contributed by atoms with Crippen LogP contribution in [0.3, 0.4) is 0 Å². The molecular weight excluding hydrogens is 621 g/mol. The van der Waals surface area contributed by atoms with Crippen LogP contribution in [0.15, 0.2) is 59.5 Å². The topological polar surface area (TPSA) is 124 Å². The number of halogens is 2. The Hall–Kier alpha value is -3.87. The first kappa shape index (κ1) is 33.6. The van der Waals surface area contributed by atoms with Gasteiger partial charge in [0.15, 0.2) is 11.5 Å². The van der Waals surface area contributed by atoms with Gasteiger partial charge in [0.1, 0.15) is 24.1 Å². The molecule has 3 aromatic rings. The third-order valence-corrected chi connectivity index (χ3v) is 9.12. The number of nitrogens with one attached hydrogen (secondary N) is 1. The van der Waals surface area contributed by atoms with E-state index in [1.165, 1.54) is 77.6 Å². The van der Waals surface area contributed by atoms with Crippen molar-refractivity contribution in [2.45, 2.75) is 24.4 Å². The molecular formula is C29H33Cl2N3O8S. The summed E-state index contributed by atoms with van der Waals surface area (Å²) in [5, 5.41) is 3.11. The Morgan fingerprint density at radius 3 is 2.07 bits per heavy atom. The maximum atomic E-state index is 14.3. The van der Waals surface area contributed by atoms with Crippen LogP contribution in [0.4, 0.5) is 5.69 Å². The van der Waals surface area contributed by atoms with Gasteiger partial charge in [0.2, 0.25) is 11.8 Å². The van der Waals surface area contributed by atoms with E-state index in [0.717, 1.165) is 4.31 Å². The molecule has 0 aliphatic carbocycles. The number of hydrogen-bond donors (Lipinski definition) is 1. The fraction of sp³-hybridized carbons (Fsp3) is 0.310. The zero-order valence-electron chi connectivity index (χ0n) is 24.5. The summed E-state index contributed by atoms with van der Waals surface area (Å²) < 4.78 is 50.9. The second-order valence-corrected chi connectivity index (χ2v) is 11.8. The minimum absolute atomic E-state index is 0.0343. The molecule has 0 radical (unpaired) electrons. The van der Waals surface area contributed by atoms with E-state index in [9.17, 15) is 18.0 Å². The lowest BCUT2D eigenvalue weighted by Gasteiger charge is -2.32. The maximum absolute atomic E-state index is 14.3. The highest BCUT2D eigenvalue weighted by Crippen LogP contribution is 2.38. The van der Waals surface area contributed by atoms with E-state index in [0.29, 0.717) is 22.1 Å². The van der Waals surface area contributed by atoms with Crippen LogP contribution in [-0.4, -0.2) is 73.2 Å². The van der Waals surface area contributed by atoms with Crippen molar-refractivity contribution in [3.8, 4) is 23.0 Å². The quantitative estimate of drug-likeness (QED) is 0.288. The third kappa shape index (κ3) is 7.56. The predicted molar refractivity (Wildman–Crippen MR) is 164 cm³/mol. The highest BCUT2D eigenvalue weighted by molar-refractivity contribution is 7.92. The van der Waals surface area contributed by atoms with Gasteiger partial charge < -0.3 is 29.2 Å². The number of sulfonamides is 1. The number of ether oxygens (including phenoxy) is 4. The van der Waals surface area contributed by atoms with E-state index in [4.69, 9.17) is 42.1 Å². The summed E-state index contributed by atoms with van der Waals surface area (Å²) in [5.74, 6) is -0.176. The molecule has 0 bridgehead atoms. The minimum Gasteiger partial charge on any atom is -0.497 e. The van der Waals surface area contributed by atoms with Crippen LogP contribution >= 0.6 is 23.2 Å². The van der Waals surface area contributed by atoms with E-state index in [1.54, 1.807) is 24.3 Å². The van der Waals surface area contributed by atoms with Crippen molar-refractivity contribution in [1.82, 2.24) is 10.2 Å². The van der Waals surface area contributed by atoms with E-state index < -0.39 is 34.4 Å². The first-order valence-corrected chi connectivity index (χ1v) is 15.0. The number of methoxy groups -OCH3 is 4. The summed E-state index contributed by atoms with van der Waals surface area (Å²) in [7, 11) is 2.58. The summed E-state index contributed by atoms with van der Waals surface area (Å²) in [5.41, 5.74) is 0.610. The average molecular weight is 655 g/mol. The van der Waals surface area contributed by atoms with Crippen LogP contribution < -0.4 is 28.6 Å². The lowest BCUT2D eigenvalue weighted by atomic mass is 10.1. The summed E-state index contributed by atoms with van der Waals surface area (Å²) in [6.07, 6.45) is 0. The molecule has 1 atom stereocenters. The molecule has 0 aromatic heterocycles. The Bertz CT molecular complexity index is 1590. The molecule has 14 heteroatoms. The molecule has 232 valence electrons. The van der Waals surface area contributed by atoms with Gasteiger partial charge in [0.25, 0.3) is 10.0 Å². The average Bonchev–Trinajstić information content (AvgIpc) is 3.02. The van der Waals surface area contributed by atoms with Gasteiger partial charge in [-0.25, -0.2) is 8.42 Å². The van der Waals surface area contributed by atoms with E-state index in [1.807, 2.05) is 0 Å². The molecule has 0 aliphatic rings. The molecule has 3 aromatic carbocycles. The fourth-order valence-electron chi connectivity index (χ4n) is 4.24. The third-order valence-electron chi connectivity index (χ3n) is 6.63. The Morgan fingerprint density at radius 2 is 1.49 bits per heavy atom. The Morgan fingerprint density at radius 1 is 0.837 bits per heavy atom. The summed E-state index contributed by atoms with van der Waals surface area (Å²) in [4.78, 5) is 27.8. The molecule has 0 saturated carbocycles. The van der Waals surface area contributed by atoms with Crippen molar-refractivity contribution in [2.24, 2.45) is 0 Å². The maximum Gasteiger partial charge on any atom is 0.265 e. The molecule has 3 rings (SSSR count). The smallest absolute Gasteiger partial charge is 0.265 e. The minimum atomic E-state index is -4.46. The number of carbonyl (C=O) groups excluding carboxylic acids is 2. The standard InChI is InChI=1S/C29H33Cl2N3O8S/c1-18(29(36)32-2)33(16-19-7-10-22(30)23(31)13-19)28(35)17-34(24-14-20(39-3)8-11-25(24)40-4)43(37,38)21-9-12-26(41-5)27(15-21)42-6/h7-15,18H,16-17H2,1-6H3,(H,32,36). The zero-order chi connectivity index (χ0) is 31.9. The Balaban J connectivity index is 2.18. The van der Waals surface area contributed by atoms with Gasteiger partial charge in [-0.1, -0.05) is 29.3 Å². The number of rotatable bonds is 13. The van der Waals surface area contributed by atoms with E-state index in [2.05, 4.69) is 5.32 Å². The first-order chi connectivity index (χ1) is 20.4. The van der Waals surface area contributed by atoms with E-state index in [-0.39, 0.29) is 33.6 Å². The number of benzene rings is 3. The van der Waals surface area contributed by atoms with Crippen molar-refractivity contribution in [2.75, 3.05) is 46.3 Å². The summed E-state index contributed by atoms with van der Waals surface area (Å²) in [6, 6.07) is 12.4. The summed E-state index contributed by atoms with van der Waals surface area (Å²) >= 11 is 12.3. The number of anilines is 1. The number of nitrogens with zero attached hydrogens (tertiary/aromatic N) is 2. The monoisotopic (exact) mass is 653 g/mol. The van der Waals surface area contributed by atoms with Crippen molar-refractivity contribution >= 4 is 50.7 Å². The highest BCUT2D eigenvalue weighted by atomic mass is 35.5. The molecule has 1 unspecified atom stereocenters. The number of hydrogen-bond acceptors (Lipinski definition) is 8. The van der Waals surface area contributed by atoms with Crippen molar-refractivity contribution < 1.29 is 37.0 Å². The van der Waals surface area contributed by atoms with Crippen molar-refractivity contribution in [3.05, 3.63) is 70.2 Å². The van der Waals surface area contributed by atoms with Gasteiger partial charge in [0, 0.05) is 25.7 Å². The van der Waals surface area contributed by atoms with Gasteiger partial charge in [-0.05, 0) is 48.9 Å². The Kier molecular flexibility index (Phi) is 11.4. The van der Waals surface area contributed by atoms with Crippen LogP contribution in [0.2, 0.25) is 10.0 Å². The molecule has 0 spiro atoms. The van der Waals surface area contributed by atoms with Crippen LogP contribution in [-0.2, 0) is 26.2 Å². The lowest BCUT2D eigenvalue weighted by Crippen LogP contribution is -2.50. The van der Waals surface area contributed by atoms with E-state index >= 15 is 0 Å². The second kappa shape index (κ2) is 14.5. The van der Waals surface area contributed by atoms with Gasteiger partial charge >= 0.3 is 0 Å². The molecule has 0 heterocycles. The largest absolute Gasteiger partial charge is 0.497 e. The SMILES string of the molecule is CNC(=O)C(C)N(Cc1ccc(Cl)c(Cl)c1)C(=O)CN(c1cc(OC)ccc1OC)S(=O)(=O)c1ccc(OC)c(OC)c1. The Labute approximate surface area is 261 Å². The van der Waals surface area contributed by atoms with Crippen LogP contribution in [0.5, 0.6) is 23.0 Å². The molecule has 2 amide bonds. The van der Waals surface area contributed by atoms with Crippen LogP contribution in [0.25, 0.3) is 0 Å². The van der Waals surface area contributed by atoms with Gasteiger partial charge in [0.05, 0.1) is 49.1 Å². The number of likely N-dealkylation sites (N-methyl/N-ethyl adjacent to an activating group) is 1. The predicted octanol–water partition coefficient (Wildman–Crippen LogP) is 4.39. The first-order valence-electron chi connectivity index (χ1n) is 12.8. The van der Waals surface area contributed by atoms with Crippen molar-refractivity contribution in [3.63, 3.8) is 0 Å². The molecule has 11 nitrogen and oxygen atoms in total. The summed E-state index contributed by atoms with van der Waals surface area (Å²) in [6.45, 7) is 0.764. The lowest BCUT2D eigenvalue weighted by molar-refractivity contribution is -0.139. The number of carbonyl (C=O) groups is 2. The van der Waals surface area contributed by atoms with Crippen LogP contribution in [0, 0.1) is 0 Å². The highest BCUT2D eigenvalue weighted by Gasteiger charge is 2.34. The van der Waals surface area contributed by atoms with Gasteiger partial charge in [-0.2, -0.15) is 0 Å². The fourth-order valence-corrected chi connectivity index (χ4v) is 5.99. The van der Waals surface area contributed by atoms with Crippen molar-refractivity contribution in [1.29, 1.82) is 0 Å². The molecule has 0 saturated heterocycles. The van der Waals surface area contributed by atoms with Gasteiger partial charge in [-0.3, -0.25) is 13.9 Å². The molecule has 0 fully saturated rings.